The number of likely N-dealkylation sites (tertiary alicyclic amines) is 1. The highest BCUT2D eigenvalue weighted by Crippen LogP contribution is 2.34. The second kappa shape index (κ2) is 9.58. The van der Waals surface area contributed by atoms with E-state index in [9.17, 15) is 9.18 Å². The van der Waals surface area contributed by atoms with Crippen LogP contribution in [0.4, 0.5) is 4.39 Å². The summed E-state index contributed by atoms with van der Waals surface area (Å²) < 4.78 is 21.4. The normalized spacial score (nSPS) is 15.5. The maximum Gasteiger partial charge on any atom is 0.338 e. The Balaban J connectivity index is 1.44. The van der Waals surface area contributed by atoms with Crippen LogP contribution in [0, 0.1) is 5.82 Å². The number of pyridine rings is 1. The monoisotopic (exact) mass is 425 g/mol. The number of aromatic carboxylic acids is 1. The van der Waals surface area contributed by atoms with E-state index >= 15 is 0 Å². The first-order valence-corrected chi connectivity index (χ1v) is 10.8. The van der Waals surface area contributed by atoms with Crippen LogP contribution in [0.5, 0.6) is 0 Å². The average Bonchev–Trinajstić information content (AvgIpc) is 3.14. The minimum Gasteiger partial charge on any atom is -0.478 e. The van der Waals surface area contributed by atoms with Crippen LogP contribution < -0.4 is 0 Å². The van der Waals surface area contributed by atoms with Gasteiger partial charge in [0, 0.05) is 37.5 Å². The number of nitrogens with zero attached hydrogens (tertiary/aromatic N) is 3. The quantitative estimate of drug-likeness (QED) is 0.546. The van der Waals surface area contributed by atoms with E-state index in [1.165, 1.54) is 23.1 Å². The van der Waals surface area contributed by atoms with E-state index in [0.29, 0.717) is 25.7 Å². The number of benzene rings is 1. The lowest BCUT2D eigenvalue weighted by Gasteiger charge is -2.32. The summed E-state index contributed by atoms with van der Waals surface area (Å²) in [4.78, 5) is 18.1. The van der Waals surface area contributed by atoms with Crippen LogP contribution >= 0.6 is 0 Å². The summed E-state index contributed by atoms with van der Waals surface area (Å²) in [5, 5.41) is 10.4. The van der Waals surface area contributed by atoms with Gasteiger partial charge in [0.2, 0.25) is 0 Å². The highest BCUT2D eigenvalue weighted by atomic mass is 19.1. The number of fused-ring (bicyclic) bond motifs is 1. The fourth-order valence-electron chi connectivity index (χ4n) is 4.45. The van der Waals surface area contributed by atoms with Crippen molar-refractivity contribution < 1.29 is 19.0 Å². The van der Waals surface area contributed by atoms with Gasteiger partial charge in [-0.2, -0.15) is 0 Å². The number of hydrogen-bond acceptors (Lipinski definition) is 4. The Hall–Kier alpha value is -2.77. The third-order valence-corrected chi connectivity index (χ3v) is 6.04. The number of hydrogen-bond donors (Lipinski definition) is 1. The molecule has 6 nitrogen and oxygen atoms in total. The predicted molar refractivity (Wildman–Crippen MR) is 117 cm³/mol. The Kier molecular flexibility index (Phi) is 6.63. The van der Waals surface area contributed by atoms with E-state index in [-0.39, 0.29) is 5.56 Å². The van der Waals surface area contributed by atoms with Gasteiger partial charge in [0.1, 0.15) is 11.5 Å². The maximum absolute atomic E-state index is 13.7. The van der Waals surface area contributed by atoms with E-state index in [1.54, 1.807) is 6.07 Å². The van der Waals surface area contributed by atoms with Gasteiger partial charge in [-0.1, -0.05) is 6.07 Å². The Bertz CT molecular complexity index is 1060. The summed E-state index contributed by atoms with van der Waals surface area (Å²) in [6.45, 7) is 6.62. The Morgan fingerprint density at radius 3 is 2.84 bits per heavy atom. The summed E-state index contributed by atoms with van der Waals surface area (Å²) in [5.74, 6) is -1.46. The zero-order chi connectivity index (χ0) is 21.8. The fraction of sp³-hybridized carbons (Fsp3) is 0.417. The Labute approximate surface area is 181 Å². The number of halogens is 1. The van der Waals surface area contributed by atoms with Crippen molar-refractivity contribution in [3.63, 3.8) is 0 Å². The van der Waals surface area contributed by atoms with E-state index < -0.39 is 11.8 Å². The van der Waals surface area contributed by atoms with Crippen molar-refractivity contribution in [2.45, 2.75) is 38.8 Å². The molecular formula is C24H28FN3O3. The van der Waals surface area contributed by atoms with Crippen molar-refractivity contribution in [1.29, 1.82) is 0 Å². The van der Waals surface area contributed by atoms with Gasteiger partial charge in [0.25, 0.3) is 0 Å². The van der Waals surface area contributed by atoms with Crippen LogP contribution in [-0.2, 0) is 17.8 Å². The molecule has 0 radical (unpaired) electrons. The molecule has 0 amide bonds. The van der Waals surface area contributed by atoms with E-state index in [1.807, 2.05) is 19.2 Å². The van der Waals surface area contributed by atoms with Gasteiger partial charge in [-0.05, 0) is 74.2 Å². The third kappa shape index (κ3) is 4.78. The van der Waals surface area contributed by atoms with Crippen LogP contribution in [0.3, 0.4) is 0 Å². The first kappa shape index (κ1) is 21.5. The molecule has 3 heterocycles. The molecule has 7 heteroatoms. The van der Waals surface area contributed by atoms with Crippen molar-refractivity contribution in [2.75, 3.05) is 26.3 Å². The van der Waals surface area contributed by atoms with Crippen LogP contribution in [0.2, 0.25) is 0 Å². The highest BCUT2D eigenvalue weighted by molar-refractivity contribution is 5.88. The molecule has 0 saturated carbocycles. The molecule has 1 aliphatic heterocycles. The third-order valence-electron chi connectivity index (χ3n) is 6.04. The zero-order valence-electron chi connectivity index (χ0n) is 17.8. The van der Waals surface area contributed by atoms with E-state index in [4.69, 9.17) is 9.84 Å². The number of ether oxygens (including phenoxy) is 1. The van der Waals surface area contributed by atoms with E-state index in [0.717, 1.165) is 43.7 Å². The van der Waals surface area contributed by atoms with Crippen molar-refractivity contribution in [3.8, 4) is 0 Å². The molecule has 164 valence electrons. The van der Waals surface area contributed by atoms with Crippen LogP contribution in [0.25, 0.3) is 11.0 Å². The molecule has 4 rings (SSSR count). The number of carbonyl (C=O) groups is 1. The zero-order valence-corrected chi connectivity index (χ0v) is 17.8. The molecule has 0 bridgehead atoms. The molecule has 1 saturated heterocycles. The molecule has 0 unspecified atom stereocenters. The molecule has 31 heavy (non-hydrogen) atoms. The summed E-state index contributed by atoms with van der Waals surface area (Å²) in [6, 6.07) is 8.50. The predicted octanol–water partition coefficient (Wildman–Crippen LogP) is 4.29. The first-order chi connectivity index (χ1) is 15.1. The largest absolute Gasteiger partial charge is 0.478 e. The molecule has 3 aromatic rings. The first-order valence-electron chi connectivity index (χ1n) is 10.8. The molecule has 1 fully saturated rings. The summed E-state index contributed by atoms with van der Waals surface area (Å²) >= 11 is 0. The molecule has 1 aromatic carbocycles. The average molecular weight is 426 g/mol. The number of rotatable bonds is 8. The lowest BCUT2D eigenvalue weighted by Crippen LogP contribution is -2.32. The van der Waals surface area contributed by atoms with Crippen molar-refractivity contribution in [1.82, 2.24) is 14.5 Å². The second-order valence-corrected chi connectivity index (χ2v) is 8.02. The van der Waals surface area contributed by atoms with Crippen LogP contribution in [-0.4, -0.2) is 51.8 Å². The van der Waals surface area contributed by atoms with Crippen LogP contribution in [0.1, 0.15) is 47.2 Å². The minimum atomic E-state index is -1.23. The van der Waals surface area contributed by atoms with Gasteiger partial charge in [-0.25, -0.2) is 14.2 Å². The minimum absolute atomic E-state index is 0.264. The Morgan fingerprint density at radius 2 is 2.10 bits per heavy atom. The standard InChI is InChI=1S/C24H28FN3O3/c1-2-31-13-12-28-16-21(19-4-3-9-26-23(19)28)18-7-10-27(11-8-18)15-17-5-6-22(25)20(14-17)24(29)30/h3-6,9,14,16,18H,2,7-8,10-13,15H2,1H3,(H,29,30). The smallest absolute Gasteiger partial charge is 0.338 e. The summed E-state index contributed by atoms with van der Waals surface area (Å²) in [5.41, 5.74) is 2.91. The van der Waals surface area contributed by atoms with Crippen molar-refractivity contribution in [2.24, 2.45) is 0 Å². The number of carboxylic acid groups (broad SMARTS) is 1. The summed E-state index contributed by atoms with van der Waals surface area (Å²) in [7, 11) is 0. The number of piperidine rings is 1. The lowest BCUT2D eigenvalue weighted by molar-refractivity contribution is 0.0691. The topological polar surface area (TPSA) is 67.6 Å². The molecule has 1 aliphatic rings. The molecule has 2 aromatic heterocycles. The fourth-order valence-corrected chi connectivity index (χ4v) is 4.45. The van der Waals surface area contributed by atoms with Crippen molar-refractivity contribution >= 4 is 17.0 Å². The van der Waals surface area contributed by atoms with Gasteiger partial charge < -0.3 is 14.4 Å². The van der Waals surface area contributed by atoms with Gasteiger partial charge in [-0.3, -0.25) is 4.90 Å². The molecule has 0 atom stereocenters. The van der Waals surface area contributed by atoms with Crippen molar-refractivity contribution in [3.05, 3.63) is 65.2 Å². The van der Waals surface area contributed by atoms with Gasteiger partial charge in [0.15, 0.2) is 0 Å². The molecule has 0 spiro atoms. The van der Waals surface area contributed by atoms with E-state index in [2.05, 4.69) is 26.7 Å². The Morgan fingerprint density at radius 1 is 1.29 bits per heavy atom. The maximum atomic E-state index is 13.7. The van der Waals surface area contributed by atoms with Gasteiger partial charge >= 0.3 is 5.97 Å². The SMILES string of the molecule is CCOCCn1cc(C2CCN(Cc3ccc(F)c(C(=O)O)c3)CC2)c2cccnc21. The number of aromatic nitrogens is 2. The number of carboxylic acids is 1. The lowest BCUT2D eigenvalue weighted by atomic mass is 9.89. The second-order valence-electron chi connectivity index (χ2n) is 8.02. The van der Waals surface area contributed by atoms with Gasteiger partial charge in [-0.15, -0.1) is 0 Å². The highest BCUT2D eigenvalue weighted by Gasteiger charge is 2.24. The molecular weight excluding hydrogens is 397 g/mol. The summed E-state index contributed by atoms with van der Waals surface area (Å²) in [6.07, 6.45) is 6.11. The molecule has 1 N–H and O–H groups in total. The van der Waals surface area contributed by atoms with Gasteiger partial charge in [0.05, 0.1) is 12.2 Å². The van der Waals surface area contributed by atoms with Crippen LogP contribution in [0.15, 0.2) is 42.7 Å². The molecule has 0 aliphatic carbocycles.